The predicted octanol–water partition coefficient (Wildman–Crippen LogP) is 4.59. The van der Waals surface area contributed by atoms with Crippen molar-refractivity contribution in [3.8, 4) is 0 Å². The molecule has 0 N–H and O–H groups in total. The van der Waals surface area contributed by atoms with Gasteiger partial charge >= 0.3 is 0 Å². The number of rotatable bonds is 2. The predicted molar refractivity (Wildman–Crippen MR) is 129 cm³/mol. The van der Waals surface area contributed by atoms with Crippen LogP contribution in [-0.4, -0.2) is 33.6 Å². The van der Waals surface area contributed by atoms with Gasteiger partial charge in [0.05, 0.1) is 11.4 Å². The number of aromatic nitrogens is 2. The van der Waals surface area contributed by atoms with Crippen molar-refractivity contribution in [2.45, 2.75) is 27.7 Å². The highest BCUT2D eigenvalue weighted by atomic mass is 32.1. The number of amides is 4. The van der Waals surface area contributed by atoms with E-state index in [1.165, 1.54) is 22.7 Å². The van der Waals surface area contributed by atoms with Crippen LogP contribution in [0.5, 0.6) is 0 Å². The summed E-state index contributed by atoms with van der Waals surface area (Å²) in [5.41, 5.74) is 2.54. The summed E-state index contributed by atoms with van der Waals surface area (Å²) < 4.78 is 0. The quantitative estimate of drug-likeness (QED) is 0.383. The Kier molecular flexibility index (Phi) is 4.21. The van der Waals surface area contributed by atoms with Gasteiger partial charge in [0.2, 0.25) is 0 Å². The molecule has 8 nitrogen and oxygen atoms in total. The SMILES string of the molecule is Cc1nc(N2C(=O)c3ccc4c5c(ccc(c35)C2=O)C(=O)N(c2nc(C)c(C)s2)C4=O)sc1C. The molecule has 4 heterocycles. The van der Waals surface area contributed by atoms with Crippen molar-refractivity contribution < 1.29 is 19.2 Å². The maximum absolute atomic E-state index is 13.4. The number of hydrogen-bond donors (Lipinski definition) is 0. The fourth-order valence-corrected chi connectivity index (χ4v) is 6.14. The van der Waals surface area contributed by atoms with Gasteiger partial charge in [0.25, 0.3) is 23.6 Å². The second-order valence-corrected chi connectivity index (χ2v) is 10.6. The van der Waals surface area contributed by atoms with Crippen LogP contribution in [0.15, 0.2) is 24.3 Å². The molecule has 4 amide bonds. The molecule has 0 radical (unpaired) electrons. The number of anilines is 2. The highest BCUT2D eigenvalue weighted by Gasteiger charge is 2.42. The zero-order valence-electron chi connectivity index (χ0n) is 18.5. The molecule has 0 unspecified atom stereocenters. The minimum atomic E-state index is -0.525. The first kappa shape index (κ1) is 20.8. The van der Waals surface area contributed by atoms with E-state index in [0.717, 1.165) is 30.9 Å². The lowest BCUT2D eigenvalue weighted by molar-refractivity contribution is 0.0873. The van der Waals surface area contributed by atoms with Crippen LogP contribution in [0.4, 0.5) is 10.3 Å². The molecule has 4 aromatic rings. The molecule has 2 aromatic carbocycles. The van der Waals surface area contributed by atoms with Crippen LogP contribution < -0.4 is 9.80 Å². The van der Waals surface area contributed by atoms with E-state index >= 15 is 0 Å². The van der Waals surface area contributed by atoms with E-state index in [2.05, 4.69) is 9.97 Å². The third-order valence-electron chi connectivity index (χ3n) is 6.31. The normalized spacial score (nSPS) is 15.2. The van der Waals surface area contributed by atoms with Gasteiger partial charge in [-0.3, -0.25) is 19.2 Å². The minimum absolute atomic E-state index is 0.260. The molecule has 0 atom stereocenters. The third-order valence-corrected chi connectivity index (χ3v) is 8.43. The molecule has 2 aromatic heterocycles. The van der Waals surface area contributed by atoms with Crippen LogP contribution in [0, 0.1) is 27.7 Å². The monoisotopic (exact) mass is 488 g/mol. The highest BCUT2D eigenvalue weighted by Crippen LogP contribution is 2.41. The van der Waals surface area contributed by atoms with Gasteiger partial charge in [-0.05, 0) is 52.0 Å². The van der Waals surface area contributed by atoms with E-state index in [4.69, 9.17) is 0 Å². The fourth-order valence-electron chi connectivity index (χ4n) is 4.33. The first-order chi connectivity index (χ1) is 16.2. The molecule has 0 saturated carbocycles. The van der Waals surface area contributed by atoms with E-state index in [1.54, 1.807) is 24.3 Å². The number of thiazole rings is 2. The zero-order chi connectivity index (χ0) is 24.0. The van der Waals surface area contributed by atoms with Crippen molar-refractivity contribution in [3.05, 3.63) is 67.7 Å². The lowest BCUT2D eigenvalue weighted by atomic mass is 9.86. The number of hydrogen-bond acceptors (Lipinski definition) is 8. The average molecular weight is 489 g/mol. The Morgan fingerprint density at radius 2 is 0.853 bits per heavy atom. The fraction of sp³-hybridized carbons (Fsp3) is 0.167. The largest absolute Gasteiger partial charge is 0.268 e. The van der Waals surface area contributed by atoms with Crippen molar-refractivity contribution >= 4 is 67.3 Å². The van der Waals surface area contributed by atoms with E-state index in [-0.39, 0.29) is 22.3 Å². The van der Waals surface area contributed by atoms with Gasteiger partial charge in [0, 0.05) is 42.8 Å². The van der Waals surface area contributed by atoms with Gasteiger partial charge in [0.15, 0.2) is 10.3 Å². The van der Waals surface area contributed by atoms with Crippen LogP contribution in [0.3, 0.4) is 0 Å². The molecule has 0 saturated heterocycles. The Labute approximate surface area is 201 Å². The second kappa shape index (κ2) is 6.87. The molecule has 2 aliphatic rings. The molecule has 34 heavy (non-hydrogen) atoms. The standard InChI is InChI=1S/C24H16N4O4S2/c1-9-11(3)33-23(25-9)27-19(29)13-5-7-15-18-16(8-6-14(17(13)18)20(27)30)22(32)28(21(15)31)24-26-10(2)12(4)34-24/h5-8H,1-4H3. The Morgan fingerprint density at radius 1 is 0.559 bits per heavy atom. The van der Waals surface area contributed by atoms with E-state index in [1.807, 2.05) is 27.7 Å². The van der Waals surface area contributed by atoms with E-state index < -0.39 is 23.6 Å². The van der Waals surface area contributed by atoms with Crippen LogP contribution in [0.1, 0.15) is 62.6 Å². The van der Waals surface area contributed by atoms with Crippen LogP contribution in [-0.2, 0) is 0 Å². The van der Waals surface area contributed by atoms with Gasteiger partial charge < -0.3 is 0 Å². The maximum atomic E-state index is 13.4. The summed E-state index contributed by atoms with van der Waals surface area (Å²) in [5.74, 6) is -2.10. The molecule has 0 aliphatic carbocycles. The molecular formula is C24H16N4O4S2. The first-order valence-corrected chi connectivity index (χ1v) is 12.1. The highest BCUT2D eigenvalue weighted by molar-refractivity contribution is 7.16. The van der Waals surface area contributed by atoms with Crippen LogP contribution >= 0.6 is 22.7 Å². The Hall–Kier alpha value is -3.76. The van der Waals surface area contributed by atoms with Gasteiger partial charge in [-0.15, -0.1) is 22.7 Å². The summed E-state index contributed by atoms with van der Waals surface area (Å²) in [6, 6.07) is 6.18. The summed E-state index contributed by atoms with van der Waals surface area (Å²) in [4.78, 5) is 66.5. The number of imide groups is 2. The number of carbonyl (C=O) groups excluding carboxylic acids is 4. The molecule has 0 spiro atoms. The van der Waals surface area contributed by atoms with Crippen molar-refractivity contribution in [3.63, 3.8) is 0 Å². The maximum Gasteiger partial charge on any atom is 0.267 e. The van der Waals surface area contributed by atoms with Crippen molar-refractivity contribution in [1.82, 2.24) is 9.97 Å². The zero-order valence-corrected chi connectivity index (χ0v) is 20.2. The summed E-state index contributed by atoms with van der Waals surface area (Å²) in [5, 5.41) is 1.27. The molecule has 0 bridgehead atoms. The molecule has 6 rings (SSSR count). The lowest BCUT2D eigenvalue weighted by Crippen LogP contribution is -2.43. The van der Waals surface area contributed by atoms with Crippen LogP contribution in [0.2, 0.25) is 0 Å². The topological polar surface area (TPSA) is 101 Å². The molecule has 2 aliphatic heterocycles. The third kappa shape index (κ3) is 2.57. The molecular weight excluding hydrogens is 472 g/mol. The number of carbonyl (C=O) groups is 4. The number of benzene rings is 2. The summed E-state index contributed by atoms with van der Waals surface area (Å²) >= 11 is 2.54. The molecule has 168 valence electrons. The van der Waals surface area contributed by atoms with Crippen molar-refractivity contribution in [2.24, 2.45) is 0 Å². The van der Waals surface area contributed by atoms with Gasteiger partial charge in [-0.25, -0.2) is 19.8 Å². The summed E-state index contributed by atoms with van der Waals surface area (Å²) in [7, 11) is 0. The first-order valence-electron chi connectivity index (χ1n) is 10.4. The second-order valence-electron chi connectivity index (χ2n) is 8.24. The van der Waals surface area contributed by atoms with E-state index in [0.29, 0.717) is 21.0 Å². The number of aryl methyl sites for hydroxylation is 4. The van der Waals surface area contributed by atoms with Crippen LogP contribution in [0.25, 0.3) is 10.8 Å². The summed E-state index contributed by atoms with van der Waals surface area (Å²) in [6.45, 7) is 7.40. The van der Waals surface area contributed by atoms with E-state index in [9.17, 15) is 19.2 Å². The van der Waals surface area contributed by atoms with Gasteiger partial charge in [0.1, 0.15) is 0 Å². The summed E-state index contributed by atoms with van der Waals surface area (Å²) in [6.07, 6.45) is 0. The Bertz CT molecular complexity index is 1420. The molecule has 10 heteroatoms. The Morgan fingerprint density at radius 3 is 1.09 bits per heavy atom. The minimum Gasteiger partial charge on any atom is -0.268 e. The lowest BCUT2D eigenvalue weighted by Gasteiger charge is -2.30. The molecule has 0 fully saturated rings. The Balaban J connectivity index is 1.56. The van der Waals surface area contributed by atoms with Gasteiger partial charge in [-0.2, -0.15) is 0 Å². The van der Waals surface area contributed by atoms with Crippen molar-refractivity contribution in [2.75, 3.05) is 9.80 Å². The van der Waals surface area contributed by atoms with Crippen molar-refractivity contribution in [1.29, 1.82) is 0 Å². The van der Waals surface area contributed by atoms with Gasteiger partial charge in [-0.1, -0.05) is 0 Å². The smallest absolute Gasteiger partial charge is 0.267 e. The average Bonchev–Trinajstić information content (AvgIpc) is 3.30. The number of nitrogens with zero attached hydrogens (tertiary/aromatic N) is 4.